The second kappa shape index (κ2) is 7.58. The summed E-state index contributed by atoms with van der Waals surface area (Å²) < 4.78 is 5.48. The molecule has 5 heteroatoms. The minimum Gasteiger partial charge on any atom is -0.484 e. The first-order valence-corrected chi connectivity index (χ1v) is 8.53. The van der Waals surface area contributed by atoms with Crippen molar-refractivity contribution in [1.82, 2.24) is 0 Å². The molecule has 0 bridgehead atoms. The molecular weight excluding hydrogens is 324 g/mol. The molecule has 24 heavy (non-hydrogen) atoms. The molecule has 1 heterocycles. The third-order valence-electron chi connectivity index (χ3n) is 4.07. The van der Waals surface area contributed by atoms with E-state index in [-0.39, 0.29) is 12.5 Å². The minimum absolute atomic E-state index is 0.0332. The maximum absolute atomic E-state index is 12.0. The van der Waals surface area contributed by atoms with E-state index in [0.29, 0.717) is 16.5 Å². The van der Waals surface area contributed by atoms with Gasteiger partial charge in [0.05, 0.1) is 10.7 Å². The first kappa shape index (κ1) is 16.7. The second-order valence-electron chi connectivity index (χ2n) is 6.01. The number of hydrogen-bond acceptors (Lipinski definition) is 3. The lowest BCUT2D eigenvalue weighted by atomic mass is 10.2. The molecule has 3 rings (SSSR count). The monoisotopic (exact) mass is 344 g/mol. The van der Waals surface area contributed by atoms with E-state index in [1.54, 1.807) is 6.07 Å². The molecule has 0 unspecified atom stereocenters. The SMILES string of the molecule is Cc1ccc(OCC(=O)Nc2ccc(N3CCCC3)c(Cl)c2)cc1. The number of halogens is 1. The summed E-state index contributed by atoms with van der Waals surface area (Å²) >= 11 is 6.36. The van der Waals surface area contributed by atoms with Crippen LogP contribution < -0.4 is 15.0 Å². The van der Waals surface area contributed by atoms with Crippen LogP contribution in [0.15, 0.2) is 42.5 Å². The van der Waals surface area contributed by atoms with Crippen LogP contribution in [0.5, 0.6) is 5.75 Å². The molecule has 2 aromatic rings. The van der Waals surface area contributed by atoms with Crippen molar-refractivity contribution < 1.29 is 9.53 Å². The van der Waals surface area contributed by atoms with Gasteiger partial charge in [-0.15, -0.1) is 0 Å². The Hall–Kier alpha value is -2.20. The highest BCUT2D eigenvalue weighted by molar-refractivity contribution is 6.33. The predicted molar refractivity (Wildman–Crippen MR) is 98.2 cm³/mol. The van der Waals surface area contributed by atoms with Gasteiger partial charge in [0.1, 0.15) is 5.75 Å². The Bertz CT molecular complexity index is 710. The molecule has 0 atom stereocenters. The van der Waals surface area contributed by atoms with E-state index in [9.17, 15) is 4.79 Å². The van der Waals surface area contributed by atoms with Crippen LogP contribution in [0.3, 0.4) is 0 Å². The standard InChI is InChI=1S/C19H21ClN2O2/c1-14-4-7-16(8-5-14)24-13-19(23)21-15-6-9-18(17(20)12-15)22-10-2-3-11-22/h4-9,12H,2-3,10-11,13H2,1H3,(H,21,23). The summed E-state index contributed by atoms with van der Waals surface area (Å²) in [6.45, 7) is 4.05. The molecule has 0 radical (unpaired) electrons. The van der Waals surface area contributed by atoms with Gasteiger partial charge in [0.25, 0.3) is 5.91 Å². The molecule has 0 aromatic heterocycles. The fraction of sp³-hybridized carbons (Fsp3) is 0.316. The lowest BCUT2D eigenvalue weighted by Gasteiger charge is -2.19. The minimum atomic E-state index is -0.208. The Balaban J connectivity index is 1.56. The maximum atomic E-state index is 12.0. The smallest absolute Gasteiger partial charge is 0.262 e. The quantitative estimate of drug-likeness (QED) is 0.880. The van der Waals surface area contributed by atoms with Gasteiger partial charge in [0.2, 0.25) is 0 Å². The van der Waals surface area contributed by atoms with E-state index in [4.69, 9.17) is 16.3 Å². The number of amides is 1. The molecule has 2 aromatic carbocycles. The lowest BCUT2D eigenvalue weighted by molar-refractivity contribution is -0.118. The highest BCUT2D eigenvalue weighted by Crippen LogP contribution is 2.31. The summed E-state index contributed by atoms with van der Waals surface area (Å²) in [6, 6.07) is 13.2. The van der Waals surface area contributed by atoms with Crippen LogP contribution in [0.1, 0.15) is 18.4 Å². The fourth-order valence-corrected chi connectivity index (χ4v) is 3.08. The van der Waals surface area contributed by atoms with E-state index in [2.05, 4.69) is 10.2 Å². The van der Waals surface area contributed by atoms with Crippen molar-refractivity contribution in [2.75, 3.05) is 29.9 Å². The lowest BCUT2D eigenvalue weighted by Crippen LogP contribution is -2.21. The zero-order valence-corrected chi connectivity index (χ0v) is 14.5. The summed E-state index contributed by atoms with van der Waals surface area (Å²) in [7, 11) is 0. The van der Waals surface area contributed by atoms with E-state index < -0.39 is 0 Å². The molecule has 1 amide bonds. The number of benzene rings is 2. The molecule has 0 spiro atoms. The summed E-state index contributed by atoms with van der Waals surface area (Å²) in [5.74, 6) is 0.471. The fourth-order valence-electron chi connectivity index (χ4n) is 2.78. The normalized spacial score (nSPS) is 13.8. The van der Waals surface area contributed by atoms with Gasteiger partial charge in [-0.05, 0) is 50.1 Å². The number of carbonyl (C=O) groups is 1. The molecule has 1 aliphatic heterocycles. The van der Waals surface area contributed by atoms with Crippen molar-refractivity contribution >= 4 is 28.9 Å². The first-order valence-electron chi connectivity index (χ1n) is 8.15. The van der Waals surface area contributed by atoms with Crippen molar-refractivity contribution in [1.29, 1.82) is 0 Å². The van der Waals surface area contributed by atoms with Crippen LogP contribution >= 0.6 is 11.6 Å². The van der Waals surface area contributed by atoms with Crippen molar-refractivity contribution in [3.05, 3.63) is 53.1 Å². The van der Waals surface area contributed by atoms with Gasteiger partial charge in [-0.2, -0.15) is 0 Å². The third kappa shape index (κ3) is 4.20. The Morgan fingerprint density at radius 3 is 2.54 bits per heavy atom. The average molecular weight is 345 g/mol. The van der Waals surface area contributed by atoms with Gasteiger partial charge in [0, 0.05) is 18.8 Å². The second-order valence-corrected chi connectivity index (χ2v) is 6.42. The molecule has 0 aliphatic carbocycles. The molecule has 1 N–H and O–H groups in total. The number of nitrogens with one attached hydrogen (secondary N) is 1. The van der Waals surface area contributed by atoms with Crippen molar-refractivity contribution in [2.24, 2.45) is 0 Å². The summed E-state index contributed by atoms with van der Waals surface area (Å²) in [5, 5.41) is 3.48. The van der Waals surface area contributed by atoms with Crippen LogP contribution in [-0.4, -0.2) is 25.6 Å². The van der Waals surface area contributed by atoms with Gasteiger partial charge in [-0.1, -0.05) is 29.3 Å². The Kier molecular flexibility index (Phi) is 5.26. The van der Waals surface area contributed by atoms with E-state index >= 15 is 0 Å². The number of aryl methyl sites for hydroxylation is 1. The van der Waals surface area contributed by atoms with Crippen LogP contribution in [0.4, 0.5) is 11.4 Å². The Morgan fingerprint density at radius 1 is 1.17 bits per heavy atom. The topological polar surface area (TPSA) is 41.6 Å². The molecular formula is C19H21ClN2O2. The molecule has 1 saturated heterocycles. The number of ether oxygens (including phenoxy) is 1. The number of rotatable bonds is 5. The number of hydrogen-bond donors (Lipinski definition) is 1. The van der Waals surface area contributed by atoms with Crippen molar-refractivity contribution in [2.45, 2.75) is 19.8 Å². The summed E-state index contributed by atoms with van der Waals surface area (Å²) in [5.41, 5.74) is 2.86. The largest absolute Gasteiger partial charge is 0.484 e. The molecule has 0 saturated carbocycles. The highest BCUT2D eigenvalue weighted by Gasteiger charge is 2.15. The van der Waals surface area contributed by atoms with Crippen LogP contribution in [0.2, 0.25) is 5.02 Å². The van der Waals surface area contributed by atoms with Gasteiger partial charge >= 0.3 is 0 Å². The van der Waals surface area contributed by atoms with Gasteiger partial charge < -0.3 is 15.0 Å². The van der Waals surface area contributed by atoms with Gasteiger partial charge in [-0.25, -0.2) is 0 Å². The first-order chi connectivity index (χ1) is 11.6. The summed E-state index contributed by atoms with van der Waals surface area (Å²) in [4.78, 5) is 14.3. The summed E-state index contributed by atoms with van der Waals surface area (Å²) in [6.07, 6.45) is 2.40. The van der Waals surface area contributed by atoms with E-state index in [0.717, 1.165) is 24.3 Å². The average Bonchev–Trinajstić information content (AvgIpc) is 3.09. The molecule has 1 aliphatic rings. The zero-order chi connectivity index (χ0) is 16.9. The highest BCUT2D eigenvalue weighted by atomic mass is 35.5. The van der Waals surface area contributed by atoms with Crippen LogP contribution in [0.25, 0.3) is 0 Å². The Morgan fingerprint density at radius 2 is 1.88 bits per heavy atom. The van der Waals surface area contributed by atoms with Crippen LogP contribution in [0, 0.1) is 6.92 Å². The van der Waals surface area contributed by atoms with E-state index in [1.165, 1.54) is 12.8 Å². The van der Waals surface area contributed by atoms with Gasteiger partial charge in [-0.3, -0.25) is 4.79 Å². The third-order valence-corrected chi connectivity index (χ3v) is 4.37. The molecule has 126 valence electrons. The van der Waals surface area contributed by atoms with Gasteiger partial charge in [0.15, 0.2) is 6.61 Å². The van der Waals surface area contributed by atoms with Crippen molar-refractivity contribution in [3.63, 3.8) is 0 Å². The van der Waals surface area contributed by atoms with E-state index in [1.807, 2.05) is 43.3 Å². The molecule has 1 fully saturated rings. The zero-order valence-electron chi connectivity index (χ0n) is 13.7. The maximum Gasteiger partial charge on any atom is 0.262 e. The predicted octanol–water partition coefficient (Wildman–Crippen LogP) is 4.27. The van der Waals surface area contributed by atoms with Crippen LogP contribution in [-0.2, 0) is 4.79 Å². The Labute approximate surface area is 147 Å². The molecule has 4 nitrogen and oxygen atoms in total. The van der Waals surface area contributed by atoms with Crippen molar-refractivity contribution in [3.8, 4) is 5.75 Å². The number of carbonyl (C=O) groups excluding carboxylic acids is 1. The number of anilines is 2. The number of nitrogens with zero attached hydrogens (tertiary/aromatic N) is 1.